The number of para-hydroxylation sites is 3. The van der Waals surface area contributed by atoms with Gasteiger partial charge < -0.3 is 15.0 Å². The molecule has 0 saturated carbocycles. The van der Waals surface area contributed by atoms with E-state index >= 15 is 0 Å². The number of benzene rings is 3. The number of aromatic amines is 1. The van der Waals surface area contributed by atoms with Gasteiger partial charge in [0, 0.05) is 22.9 Å². The van der Waals surface area contributed by atoms with Crippen molar-refractivity contribution in [3.05, 3.63) is 85.2 Å². The van der Waals surface area contributed by atoms with Gasteiger partial charge in [-0.05, 0) is 48.5 Å². The molecule has 2 aromatic heterocycles. The summed E-state index contributed by atoms with van der Waals surface area (Å²) in [6.07, 6.45) is 1.55. The molecular weight excluding hydrogens is 374 g/mol. The van der Waals surface area contributed by atoms with Gasteiger partial charge in [-0.15, -0.1) is 0 Å². The van der Waals surface area contributed by atoms with Crippen LogP contribution in [0.5, 0.6) is 5.75 Å². The molecule has 0 radical (unpaired) electrons. The Hall–Kier alpha value is -4.19. The van der Waals surface area contributed by atoms with Crippen molar-refractivity contribution in [2.24, 2.45) is 0 Å². The highest BCUT2D eigenvalue weighted by molar-refractivity contribution is 5.79. The van der Waals surface area contributed by atoms with Gasteiger partial charge in [0.05, 0.1) is 23.8 Å². The number of H-pyrrole nitrogens is 1. The predicted octanol–water partition coefficient (Wildman–Crippen LogP) is 5.44. The summed E-state index contributed by atoms with van der Waals surface area (Å²) in [5, 5.41) is 3.33. The molecule has 2 heterocycles. The van der Waals surface area contributed by atoms with Gasteiger partial charge in [0.2, 0.25) is 0 Å². The Kier molecular flexibility index (Phi) is 4.57. The molecule has 0 unspecified atom stereocenters. The molecule has 146 valence electrons. The fourth-order valence-electron chi connectivity index (χ4n) is 3.38. The third kappa shape index (κ3) is 3.46. The fourth-order valence-corrected chi connectivity index (χ4v) is 3.38. The third-order valence-corrected chi connectivity index (χ3v) is 4.87. The van der Waals surface area contributed by atoms with Crippen LogP contribution >= 0.6 is 0 Å². The number of nitrogens with zero attached hydrogens (tertiary/aromatic N) is 3. The standard InChI is InChI=1S/C24H19N5O/c1-30-22-9-5-2-6-18(22)21-14-23(26-15-25-21)27-17-12-10-16(11-13-17)24-28-19-7-3-4-8-20(19)29-24/h2-15H,1H3,(H,28,29)(H,25,26,27). The van der Waals surface area contributed by atoms with E-state index in [0.29, 0.717) is 5.82 Å². The highest BCUT2D eigenvalue weighted by Crippen LogP contribution is 2.29. The van der Waals surface area contributed by atoms with E-state index in [1.807, 2.05) is 78.9 Å². The first kappa shape index (κ1) is 17.9. The van der Waals surface area contributed by atoms with Crippen molar-refractivity contribution in [3.8, 4) is 28.4 Å². The zero-order valence-corrected chi connectivity index (χ0v) is 16.3. The van der Waals surface area contributed by atoms with E-state index in [4.69, 9.17) is 4.74 Å². The number of nitrogens with one attached hydrogen (secondary N) is 2. The molecule has 0 fully saturated rings. The molecule has 0 aliphatic rings. The summed E-state index contributed by atoms with van der Waals surface area (Å²) >= 11 is 0. The first-order chi connectivity index (χ1) is 14.8. The van der Waals surface area contributed by atoms with E-state index in [2.05, 4.69) is 25.3 Å². The summed E-state index contributed by atoms with van der Waals surface area (Å²) in [5.74, 6) is 2.34. The Morgan fingerprint density at radius 1 is 0.867 bits per heavy atom. The monoisotopic (exact) mass is 393 g/mol. The Morgan fingerprint density at radius 3 is 2.50 bits per heavy atom. The maximum atomic E-state index is 5.45. The average molecular weight is 393 g/mol. The second kappa shape index (κ2) is 7.67. The van der Waals surface area contributed by atoms with E-state index in [1.54, 1.807) is 13.4 Å². The van der Waals surface area contributed by atoms with Crippen LogP contribution in [0.4, 0.5) is 11.5 Å². The Balaban J connectivity index is 1.38. The van der Waals surface area contributed by atoms with Crippen LogP contribution in [0.1, 0.15) is 0 Å². The van der Waals surface area contributed by atoms with Gasteiger partial charge in [-0.1, -0.05) is 24.3 Å². The minimum atomic E-state index is 0.711. The first-order valence-corrected chi connectivity index (χ1v) is 9.58. The number of rotatable bonds is 5. The Labute approximate surface area is 173 Å². The fraction of sp³-hybridized carbons (Fsp3) is 0.0417. The molecule has 30 heavy (non-hydrogen) atoms. The molecule has 0 saturated heterocycles. The van der Waals surface area contributed by atoms with Crippen LogP contribution in [-0.4, -0.2) is 27.0 Å². The van der Waals surface area contributed by atoms with E-state index in [1.165, 1.54) is 0 Å². The van der Waals surface area contributed by atoms with E-state index < -0.39 is 0 Å². The molecule has 0 amide bonds. The summed E-state index contributed by atoms with van der Waals surface area (Å²) < 4.78 is 5.45. The number of hydrogen-bond donors (Lipinski definition) is 2. The minimum Gasteiger partial charge on any atom is -0.496 e. The zero-order chi connectivity index (χ0) is 20.3. The van der Waals surface area contributed by atoms with E-state index in [9.17, 15) is 0 Å². The maximum Gasteiger partial charge on any atom is 0.138 e. The molecule has 0 aliphatic heterocycles. The third-order valence-electron chi connectivity index (χ3n) is 4.87. The number of anilines is 2. The second-order valence-corrected chi connectivity index (χ2v) is 6.79. The van der Waals surface area contributed by atoms with E-state index in [0.717, 1.165) is 45.1 Å². The van der Waals surface area contributed by atoms with E-state index in [-0.39, 0.29) is 0 Å². The normalized spacial score (nSPS) is 10.8. The van der Waals surface area contributed by atoms with Crippen molar-refractivity contribution in [1.82, 2.24) is 19.9 Å². The minimum absolute atomic E-state index is 0.711. The van der Waals surface area contributed by atoms with Crippen molar-refractivity contribution in [2.75, 3.05) is 12.4 Å². The molecule has 5 aromatic rings. The lowest BCUT2D eigenvalue weighted by atomic mass is 10.1. The number of aromatic nitrogens is 4. The second-order valence-electron chi connectivity index (χ2n) is 6.79. The molecule has 6 heteroatoms. The lowest BCUT2D eigenvalue weighted by Crippen LogP contribution is -1.96. The molecule has 3 aromatic carbocycles. The SMILES string of the molecule is COc1ccccc1-c1cc(Nc2ccc(-c3nc4ccccc4[nH]3)cc2)ncn1. The molecule has 0 spiro atoms. The number of ether oxygens (including phenoxy) is 1. The molecule has 0 bridgehead atoms. The van der Waals surface area contributed by atoms with Crippen molar-refractivity contribution in [2.45, 2.75) is 0 Å². The molecule has 6 nitrogen and oxygen atoms in total. The van der Waals surface area contributed by atoms with Gasteiger partial charge in [0.1, 0.15) is 23.7 Å². The zero-order valence-electron chi connectivity index (χ0n) is 16.3. The number of imidazole rings is 1. The van der Waals surface area contributed by atoms with Crippen LogP contribution in [0.2, 0.25) is 0 Å². The van der Waals surface area contributed by atoms with Crippen molar-refractivity contribution < 1.29 is 4.74 Å². The van der Waals surface area contributed by atoms with Crippen molar-refractivity contribution in [1.29, 1.82) is 0 Å². The Morgan fingerprint density at radius 2 is 1.67 bits per heavy atom. The van der Waals surface area contributed by atoms with Gasteiger partial charge in [0.15, 0.2) is 0 Å². The summed E-state index contributed by atoms with van der Waals surface area (Å²) in [6, 6.07) is 25.8. The lowest BCUT2D eigenvalue weighted by Gasteiger charge is -2.10. The smallest absolute Gasteiger partial charge is 0.138 e. The first-order valence-electron chi connectivity index (χ1n) is 9.58. The van der Waals surface area contributed by atoms with Crippen LogP contribution < -0.4 is 10.1 Å². The molecular formula is C24H19N5O. The maximum absolute atomic E-state index is 5.45. The molecule has 0 atom stereocenters. The van der Waals surface area contributed by atoms with Crippen LogP contribution in [0.25, 0.3) is 33.7 Å². The van der Waals surface area contributed by atoms with Crippen LogP contribution in [0, 0.1) is 0 Å². The summed E-state index contributed by atoms with van der Waals surface area (Å²) in [6.45, 7) is 0. The van der Waals surface area contributed by atoms with Crippen LogP contribution in [0.15, 0.2) is 85.2 Å². The van der Waals surface area contributed by atoms with Gasteiger partial charge in [-0.2, -0.15) is 0 Å². The van der Waals surface area contributed by atoms with Crippen LogP contribution in [-0.2, 0) is 0 Å². The molecule has 5 rings (SSSR count). The van der Waals surface area contributed by atoms with Crippen molar-refractivity contribution >= 4 is 22.5 Å². The highest BCUT2D eigenvalue weighted by atomic mass is 16.5. The van der Waals surface area contributed by atoms with Gasteiger partial charge in [0.25, 0.3) is 0 Å². The predicted molar refractivity (Wildman–Crippen MR) is 119 cm³/mol. The largest absolute Gasteiger partial charge is 0.496 e. The Bertz CT molecular complexity index is 1280. The number of methoxy groups -OCH3 is 1. The van der Waals surface area contributed by atoms with Gasteiger partial charge in [-0.25, -0.2) is 15.0 Å². The summed E-state index contributed by atoms with van der Waals surface area (Å²) in [4.78, 5) is 16.7. The molecule has 0 aliphatic carbocycles. The van der Waals surface area contributed by atoms with Gasteiger partial charge in [-0.3, -0.25) is 0 Å². The number of hydrogen-bond acceptors (Lipinski definition) is 5. The molecule has 2 N–H and O–H groups in total. The summed E-state index contributed by atoms with van der Waals surface area (Å²) in [7, 11) is 1.66. The number of fused-ring (bicyclic) bond motifs is 1. The topological polar surface area (TPSA) is 75.7 Å². The quantitative estimate of drug-likeness (QED) is 0.416. The summed E-state index contributed by atoms with van der Waals surface area (Å²) in [5.41, 5.74) is 5.65. The lowest BCUT2D eigenvalue weighted by molar-refractivity contribution is 0.416. The van der Waals surface area contributed by atoms with Crippen LogP contribution in [0.3, 0.4) is 0 Å². The van der Waals surface area contributed by atoms with Crippen molar-refractivity contribution in [3.63, 3.8) is 0 Å². The van der Waals surface area contributed by atoms with Gasteiger partial charge >= 0.3 is 0 Å². The highest BCUT2D eigenvalue weighted by Gasteiger charge is 2.09. The average Bonchev–Trinajstić information content (AvgIpc) is 3.24.